The van der Waals surface area contributed by atoms with Gasteiger partial charge in [0.05, 0.1) is 0 Å². The van der Waals surface area contributed by atoms with Crippen LogP contribution in [0.5, 0.6) is 0 Å². The van der Waals surface area contributed by atoms with Crippen molar-refractivity contribution in [2.24, 2.45) is 0 Å². The summed E-state index contributed by atoms with van der Waals surface area (Å²) in [6, 6.07) is 0. The molecule has 8 heteroatoms. The summed E-state index contributed by atoms with van der Waals surface area (Å²) in [6.07, 6.45) is 0. The number of hydrogen-bond acceptors (Lipinski definition) is 1. The van der Waals surface area contributed by atoms with Gasteiger partial charge < -0.3 is 17.5 Å². The van der Waals surface area contributed by atoms with E-state index in [-0.39, 0.29) is 69.8 Å². The van der Waals surface area contributed by atoms with Crippen molar-refractivity contribution < 1.29 is 89.1 Å². The van der Waals surface area contributed by atoms with E-state index in [9.17, 15) is 0 Å². The Morgan fingerprint density at radius 1 is 1.25 bits per heavy atom. The zero-order chi connectivity index (χ0) is 4.50. The molecular formula is H5LiNaO4PV. The Kier molecular flexibility index (Phi) is 26.1. The number of rotatable bonds is 0. The van der Waals surface area contributed by atoms with Crippen molar-refractivity contribution in [3.05, 3.63) is 0 Å². The molecule has 0 amide bonds. The minimum absolute atomic E-state index is 0. The first kappa shape index (κ1) is 22.4. The summed E-state index contributed by atoms with van der Waals surface area (Å²) in [4.78, 5) is 21.6. The van der Waals surface area contributed by atoms with Gasteiger partial charge in [0.15, 0.2) is 0 Å². The molecular weight excluding hydrogens is 176 g/mol. The average Bonchev–Trinajstić information content (AvgIpc) is 0.722. The maximum atomic E-state index is 8.88. The second kappa shape index (κ2) is 9.29. The minimum Gasteiger partial charge on any atom is -1.00 e. The van der Waals surface area contributed by atoms with E-state index >= 15 is 0 Å². The van der Waals surface area contributed by atoms with E-state index in [1.807, 2.05) is 0 Å². The molecule has 0 aromatic rings. The van der Waals surface area contributed by atoms with Crippen LogP contribution >= 0.6 is 7.82 Å². The van der Waals surface area contributed by atoms with E-state index in [0.717, 1.165) is 0 Å². The van der Waals surface area contributed by atoms with Crippen molar-refractivity contribution in [1.29, 1.82) is 0 Å². The molecule has 3 N–H and O–H groups in total. The van der Waals surface area contributed by atoms with Crippen LogP contribution in [0.25, 0.3) is 0 Å². The average molecular weight is 181 g/mol. The fourth-order valence-electron chi connectivity index (χ4n) is 0. The van der Waals surface area contributed by atoms with Crippen LogP contribution in [0.15, 0.2) is 0 Å². The first-order chi connectivity index (χ1) is 2.00. The Labute approximate surface area is 96.0 Å². The van der Waals surface area contributed by atoms with Gasteiger partial charge in [-0.25, -0.2) is 4.57 Å². The van der Waals surface area contributed by atoms with Crippen LogP contribution in [0.3, 0.4) is 0 Å². The molecule has 0 aliphatic carbocycles. The third-order valence-corrected chi connectivity index (χ3v) is 0. The predicted octanol–water partition coefficient (Wildman–Crippen LogP) is -6.70. The molecule has 0 saturated heterocycles. The molecule has 0 aromatic carbocycles. The molecule has 0 aromatic heterocycles. The van der Waals surface area contributed by atoms with E-state index in [2.05, 4.69) is 0 Å². The summed E-state index contributed by atoms with van der Waals surface area (Å²) in [5, 5.41) is 0. The molecule has 0 saturated carbocycles. The van der Waals surface area contributed by atoms with E-state index in [4.69, 9.17) is 19.2 Å². The summed E-state index contributed by atoms with van der Waals surface area (Å²) < 4.78 is 8.88. The fourth-order valence-corrected chi connectivity index (χ4v) is 0. The molecule has 0 rings (SSSR count). The van der Waals surface area contributed by atoms with Crippen LogP contribution in [0.4, 0.5) is 0 Å². The van der Waals surface area contributed by atoms with Gasteiger partial charge in [-0.15, -0.1) is 0 Å². The molecule has 0 heterocycles. The van der Waals surface area contributed by atoms with Gasteiger partial charge in [-0.05, 0) is 0 Å². The van der Waals surface area contributed by atoms with Crippen LogP contribution < -0.4 is 48.4 Å². The number of phosphoric acid groups is 1. The normalized spacial score (nSPS) is 7.38. The summed E-state index contributed by atoms with van der Waals surface area (Å²) in [5.41, 5.74) is 0. The van der Waals surface area contributed by atoms with Gasteiger partial charge in [-0.3, -0.25) is 0 Å². The maximum absolute atomic E-state index is 8.88. The molecule has 1 radical (unpaired) electrons. The monoisotopic (exact) mass is 181 g/mol. The Morgan fingerprint density at radius 2 is 1.25 bits per heavy atom. The van der Waals surface area contributed by atoms with Crippen LogP contribution in [-0.2, 0) is 23.1 Å². The van der Waals surface area contributed by atoms with E-state index in [1.165, 1.54) is 0 Å². The summed E-state index contributed by atoms with van der Waals surface area (Å²) in [7, 11) is -4.64. The third kappa shape index (κ3) is 83.9. The van der Waals surface area contributed by atoms with Crippen LogP contribution in [-0.4, -0.2) is 14.7 Å². The molecule has 0 fully saturated rings. The Balaban J connectivity index is -0.00000000800. The molecule has 0 atom stereocenters. The SMILES string of the molecule is O=P(O)(O)O.[H-].[H-].[Li+].[Na+].[V]. The van der Waals surface area contributed by atoms with Crippen molar-refractivity contribution in [3.8, 4) is 0 Å². The molecule has 0 spiro atoms. The predicted molar refractivity (Wildman–Crippen MR) is 16.5 cm³/mol. The van der Waals surface area contributed by atoms with Gasteiger partial charge in [0.1, 0.15) is 0 Å². The molecule has 8 heavy (non-hydrogen) atoms. The molecule has 41 valence electrons. The second-order valence-electron chi connectivity index (χ2n) is 0.513. The summed E-state index contributed by atoms with van der Waals surface area (Å²) >= 11 is 0. The molecule has 0 unspecified atom stereocenters. The van der Waals surface area contributed by atoms with Crippen LogP contribution in [0.2, 0.25) is 0 Å². The summed E-state index contributed by atoms with van der Waals surface area (Å²) in [5.74, 6) is 0. The Bertz CT molecular complexity index is 69.4. The van der Waals surface area contributed by atoms with Crippen molar-refractivity contribution >= 4 is 7.82 Å². The maximum Gasteiger partial charge on any atom is 1.00 e. The second-order valence-corrected chi connectivity index (χ2v) is 1.54. The zero-order valence-electron chi connectivity index (χ0n) is 6.64. The van der Waals surface area contributed by atoms with Crippen molar-refractivity contribution in [1.82, 2.24) is 0 Å². The first-order valence-corrected chi connectivity index (χ1v) is 2.35. The molecule has 0 aliphatic rings. The van der Waals surface area contributed by atoms with Crippen molar-refractivity contribution in [3.63, 3.8) is 0 Å². The molecule has 4 nitrogen and oxygen atoms in total. The van der Waals surface area contributed by atoms with Gasteiger partial charge in [-0.1, -0.05) is 0 Å². The van der Waals surface area contributed by atoms with Gasteiger partial charge in [0.25, 0.3) is 0 Å². The largest absolute Gasteiger partial charge is 1.00 e. The van der Waals surface area contributed by atoms with E-state index < -0.39 is 7.82 Å². The topological polar surface area (TPSA) is 77.8 Å². The number of hydrogen-bond donors (Lipinski definition) is 3. The van der Waals surface area contributed by atoms with Gasteiger partial charge in [0.2, 0.25) is 0 Å². The standard InChI is InChI=1S/Li.Na.H3O4P.V.2H/c;;1-5(2,3)4;;;/h;;(H3,1,2,3,4);;;/q2*+1;;;2*-1. The molecule has 0 aliphatic heterocycles. The molecule has 0 bridgehead atoms. The Morgan fingerprint density at radius 3 is 1.25 bits per heavy atom. The fraction of sp³-hybridized carbons (Fsp3) is 0. The van der Waals surface area contributed by atoms with Crippen molar-refractivity contribution in [2.75, 3.05) is 0 Å². The van der Waals surface area contributed by atoms with Crippen LogP contribution in [0.1, 0.15) is 2.85 Å². The minimum atomic E-state index is -4.64. The first-order valence-electron chi connectivity index (χ1n) is 0.783. The zero-order valence-corrected chi connectivity index (χ0v) is 8.94. The summed E-state index contributed by atoms with van der Waals surface area (Å²) in [6.45, 7) is 0. The smallest absolute Gasteiger partial charge is 1.00 e. The van der Waals surface area contributed by atoms with Crippen LogP contribution in [0, 0.1) is 0 Å². The Hall–Kier alpha value is 2.29. The third-order valence-electron chi connectivity index (χ3n) is 0. The van der Waals surface area contributed by atoms with E-state index in [1.54, 1.807) is 0 Å². The van der Waals surface area contributed by atoms with Gasteiger partial charge in [0, 0.05) is 18.6 Å². The van der Waals surface area contributed by atoms with E-state index in [0.29, 0.717) is 0 Å². The quantitative estimate of drug-likeness (QED) is 0.256. The van der Waals surface area contributed by atoms with Crippen molar-refractivity contribution in [2.45, 2.75) is 0 Å². The van der Waals surface area contributed by atoms with Gasteiger partial charge >= 0.3 is 56.2 Å². The van der Waals surface area contributed by atoms with Gasteiger partial charge in [-0.2, -0.15) is 0 Å².